The number of halogens is 1. The zero-order valence-electron chi connectivity index (χ0n) is 16.7. The molecule has 4 aromatic rings. The van der Waals surface area contributed by atoms with Gasteiger partial charge in [-0.15, -0.1) is 10.2 Å². The van der Waals surface area contributed by atoms with Crippen molar-refractivity contribution in [2.75, 3.05) is 7.05 Å². The average molecular weight is 423 g/mol. The van der Waals surface area contributed by atoms with Crippen LogP contribution in [-0.2, 0) is 6.54 Å². The molecule has 0 aliphatic heterocycles. The van der Waals surface area contributed by atoms with Gasteiger partial charge in [0.1, 0.15) is 17.0 Å². The SMILES string of the molecule is Cc1ccc(-c2nnc(CN(C)C(=O)c3c(-c4ccccc4Cl)noc3C)o2)cc1. The second-order valence-electron chi connectivity index (χ2n) is 6.97. The molecule has 30 heavy (non-hydrogen) atoms. The van der Waals surface area contributed by atoms with Crippen LogP contribution in [0.5, 0.6) is 0 Å². The number of carbonyl (C=O) groups excluding carboxylic acids is 1. The maximum absolute atomic E-state index is 13.1. The third-order valence-electron chi connectivity index (χ3n) is 4.69. The first kappa shape index (κ1) is 19.8. The third-order valence-corrected chi connectivity index (χ3v) is 5.02. The summed E-state index contributed by atoms with van der Waals surface area (Å²) in [6.45, 7) is 3.84. The molecule has 1 amide bonds. The summed E-state index contributed by atoms with van der Waals surface area (Å²) in [5, 5.41) is 12.7. The van der Waals surface area contributed by atoms with Gasteiger partial charge >= 0.3 is 0 Å². The van der Waals surface area contributed by atoms with Crippen LogP contribution in [0.4, 0.5) is 0 Å². The second-order valence-corrected chi connectivity index (χ2v) is 7.38. The zero-order valence-corrected chi connectivity index (χ0v) is 17.5. The number of hydrogen-bond donors (Lipinski definition) is 0. The molecule has 152 valence electrons. The fraction of sp³-hybridized carbons (Fsp3) is 0.182. The fourth-order valence-electron chi connectivity index (χ4n) is 3.06. The van der Waals surface area contributed by atoms with Gasteiger partial charge in [-0.1, -0.05) is 52.7 Å². The highest BCUT2D eigenvalue weighted by Crippen LogP contribution is 2.31. The lowest BCUT2D eigenvalue weighted by Gasteiger charge is -2.15. The van der Waals surface area contributed by atoms with E-state index < -0.39 is 0 Å². The van der Waals surface area contributed by atoms with Crippen LogP contribution in [0.25, 0.3) is 22.7 Å². The van der Waals surface area contributed by atoms with Crippen molar-refractivity contribution >= 4 is 17.5 Å². The van der Waals surface area contributed by atoms with Crippen molar-refractivity contribution in [3.63, 3.8) is 0 Å². The molecule has 2 aromatic heterocycles. The number of hydrogen-bond acceptors (Lipinski definition) is 6. The molecule has 2 aromatic carbocycles. The molecule has 0 spiro atoms. The van der Waals surface area contributed by atoms with Crippen molar-refractivity contribution in [2.45, 2.75) is 20.4 Å². The second kappa shape index (κ2) is 8.12. The first-order chi connectivity index (χ1) is 14.4. The molecule has 0 aliphatic rings. The lowest BCUT2D eigenvalue weighted by Crippen LogP contribution is -2.27. The maximum atomic E-state index is 13.1. The van der Waals surface area contributed by atoms with Gasteiger partial charge in [-0.3, -0.25) is 4.79 Å². The number of carbonyl (C=O) groups is 1. The molecule has 0 atom stereocenters. The largest absolute Gasteiger partial charge is 0.419 e. The molecule has 0 aliphatic carbocycles. The molecule has 0 bridgehead atoms. The van der Waals surface area contributed by atoms with Gasteiger partial charge in [-0.05, 0) is 32.0 Å². The summed E-state index contributed by atoms with van der Waals surface area (Å²) in [5.74, 6) is 0.866. The predicted molar refractivity (Wildman–Crippen MR) is 112 cm³/mol. The Labute approximate surface area is 178 Å². The van der Waals surface area contributed by atoms with Crippen molar-refractivity contribution in [1.82, 2.24) is 20.3 Å². The van der Waals surface area contributed by atoms with E-state index in [-0.39, 0.29) is 12.5 Å². The minimum absolute atomic E-state index is 0.143. The summed E-state index contributed by atoms with van der Waals surface area (Å²) in [7, 11) is 1.65. The monoisotopic (exact) mass is 422 g/mol. The van der Waals surface area contributed by atoms with Gasteiger partial charge in [-0.25, -0.2) is 0 Å². The lowest BCUT2D eigenvalue weighted by molar-refractivity contribution is 0.0772. The summed E-state index contributed by atoms with van der Waals surface area (Å²) in [5.41, 5.74) is 3.35. The van der Waals surface area contributed by atoms with Crippen LogP contribution in [0.1, 0.15) is 27.6 Å². The molecule has 0 saturated heterocycles. The van der Waals surface area contributed by atoms with Crippen LogP contribution in [-0.4, -0.2) is 33.2 Å². The Hall–Kier alpha value is -3.45. The Morgan fingerprint density at radius 3 is 2.53 bits per heavy atom. The van der Waals surface area contributed by atoms with Crippen molar-refractivity contribution in [2.24, 2.45) is 0 Å². The highest BCUT2D eigenvalue weighted by atomic mass is 35.5. The van der Waals surface area contributed by atoms with Crippen LogP contribution < -0.4 is 0 Å². The molecule has 0 radical (unpaired) electrons. The summed E-state index contributed by atoms with van der Waals surface area (Å²) in [6, 6.07) is 14.9. The minimum Gasteiger partial charge on any atom is -0.419 e. The fourth-order valence-corrected chi connectivity index (χ4v) is 3.28. The summed E-state index contributed by atoms with van der Waals surface area (Å²) < 4.78 is 11.0. The molecular formula is C22H19ClN4O3. The Morgan fingerprint density at radius 1 is 1.07 bits per heavy atom. The first-order valence-electron chi connectivity index (χ1n) is 9.30. The molecule has 8 heteroatoms. The predicted octanol–water partition coefficient (Wildman–Crippen LogP) is 4.93. The van der Waals surface area contributed by atoms with Gasteiger partial charge in [-0.2, -0.15) is 0 Å². The van der Waals surface area contributed by atoms with Gasteiger partial charge in [0.25, 0.3) is 5.91 Å². The van der Waals surface area contributed by atoms with Gasteiger partial charge in [0.15, 0.2) is 0 Å². The highest BCUT2D eigenvalue weighted by Gasteiger charge is 2.26. The van der Waals surface area contributed by atoms with E-state index in [4.69, 9.17) is 20.5 Å². The quantitative estimate of drug-likeness (QED) is 0.453. The molecule has 0 saturated carbocycles. The lowest BCUT2D eigenvalue weighted by atomic mass is 10.1. The Bertz CT molecular complexity index is 1200. The van der Waals surface area contributed by atoms with Crippen LogP contribution in [0, 0.1) is 13.8 Å². The van der Waals surface area contributed by atoms with E-state index in [1.165, 1.54) is 4.90 Å². The first-order valence-corrected chi connectivity index (χ1v) is 9.68. The van der Waals surface area contributed by atoms with Gasteiger partial charge in [0.05, 0.1) is 11.6 Å². The van der Waals surface area contributed by atoms with Crippen molar-refractivity contribution in [3.8, 4) is 22.7 Å². The molecule has 2 heterocycles. The number of benzene rings is 2. The summed E-state index contributed by atoms with van der Waals surface area (Å²) in [4.78, 5) is 14.6. The van der Waals surface area contributed by atoms with Crippen LogP contribution >= 0.6 is 11.6 Å². The van der Waals surface area contributed by atoms with E-state index in [1.807, 2.05) is 43.3 Å². The van der Waals surface area contributed by atoms with E-state index in [1.54, 1.807) is 26.1 Å². The number of nitrogens with zero attached hydrogens (tertiary/aromatic N) is 4. The molecule has 0 N–H and O–H groups in total. The molecule has 0 unspecified atom stereocenters. The molecule has 7 nitrogen and oxygen atoms in total. The normalized spacial score (nSPS) is 10.9. The van der Waals surface area contributed by atoms with Crippen molar-refractivity contribution in [3.05, 3.63) is 76.3 Å². The number of aromatic nitrogens is 3. The summed E-state index contributed by atoms with van der Waals surface area (Å²) in [6.07, 6.45) is 0. The Kier molecular flexibility index (Phi) is 5.37. The Balaban J connectivity index is 1.56. The van der Waals surface area contributed by atoms with E-state index in [0.717, 1.165) is 11.1 Å². The third kappa shape index (κ3) is 3.84. The van der Waals surface area contributed by atoms with E-state index >= 15 is 0 Å². The summed E-state index contributed by atoms with van der Waals surface area (Å²) >= 11 is 6.28. The van der Waals surface area contributed by atoms with Crippen LogP contribution in [0.15, 0.2) is 57.5 Å². The molecule has 4 rings (SSSR count). The van der Waals surface area contributed by atoms with E-state index in [0.29, 0.717) is 39.4 Å². The van der Waals surface area contributed by atoms with Gasteiger partial charge in [0, 0.05) is 18.2 Å². The van der Waals surface area contributed by atoms with Crippen molar-refractivity contribution in [1.29, 1.82) is 0 Å². The Morgan fingerprint density at radius 2 is 1.80 bits per heavy atom. The molecule has 0 fully saturated rings. The van der Waals surface area contributed by atoms with Crippen LogP contribution in [0.3, 0.4) is 0 Å². The average Bonchev–Trinajstić information content (AvgIpc) is 3.35. The zero-order chi connectivity index (χ0) is 21.3. The van der Waals surface area contributed by atoms with E-state index in [2.05, 4.69) is 15.4 Å². The highest BCUT2D eigenvalue weighted by molar-refractivity contribution is 6.33. The minimum atomic E-state index is -0.279. The van der Waals surface area contributed by atoms with E-state index in [9.17, 15) is 4.79 Å². The van der Waals surface area contributed by atoms with Crippen LogP contribution in [0.2, 0.25) is 5.02 Å². The maximum Gasteiger partial charge on any atom is 0.259 e. The number of rotatable bonds is 5. The number of amides is 1. The standard InChI is InChI=1S/C22H19ClN4O3/c1-13-8-10-15(11-9-13)21-25-24-18(29-21)12-27(3)22(28)19-14(2)30-26-20(19)16-6-4-5-7-17(16)23/h4-11H,12H2,1-3H3. The van der Waals surface area contributed by atoms with Gasteiger partial charge in [0.2, 0.25) is 11.8 Å². The smallest absolute Gasteiger partial charge is 0.259 e. The number of aryl methyl sites for hydroxylation is 2. The van der Waals surface area contributed by atoms with Gasteiger partial charge < -0.3 is 13.8 Å². The molecular weight excluding hydrogens is 404 g/mol. The van der Waals surface area contributed by atoms with Crippen molar-refractivity contribution < 1.29 is 13.7 Å². The topological polar surface area (TPSA) is 85.3 Å².